The third-order valence-electron chi connectivity index (χ3n) is 2.24. The van der Waals surface area contributed by atoms with Gasteiger partial charge in [0.2, 0.25) is 0 Å². The molecule has 0 aromatic heterocycles. The zero-order valence-corrected chi connectivity index (χ0v) is 8.75. The zero-order valence-electron chi connectivity index (χ0n) is 8.75. The van der Waals surface area contributed by atoms with Crippen molar-refractivity contribution in [1.82, 2.24) is 0 Å². The highest BCUT2D eigenvalue weighted by molar-refractivity contribution is 5.74. The molecule has 0 amide bonds. The van der Waals surface area contributed by atoms with Crippen LogP contribution in [0.2, 0.25) is 0 Å². The van der Waals surface area contributed by atoms with Gasteiger partial charge in [0.25, 0.3) is 0 Å². The van der Waals surface area contributed by atoms with E-state index in [9.17, 15) is 9.90 Å². The molecular formula is C10H20O3. The molecule has 2 atom stereocenters. The van der Waals surface area contributed by atoms with Crippen molar-refractivity contribution < 1.29 is 14.6 Å². The second-order valence-corrected chi connectivity index (χ2v) is 3.44. The number of hydrogen-bond donors (Lipinski definition) is 1. The van der Waals surface area contributed by atoms with Crippen molar-refractivity contribution in [2.75, 3.05) is 7.11 Å². The Morgan fingerprint density at radius 3 is 2.54 bits per heavy atom. The minimum Gasteiger partial charge on any atom is -0.467 e. The highest BCUT2D eigenvalue weighted by Gasteiger charge is 2.22. The summed E-state index contributed by atoms with van der Waals surface area (Å²) in [5.41, 5.74) is 0. The maximum atomic E-state index is 10.9. The topological polar surface area (TPSA) is 46.5 Å². The third-order valence-corrected chi connectivity index (χ3v) is 2.24. The Morgan fingerprint density at radius 2 is 2.08 bits per heavy atom. The molecule has 0 aromatic rings. The summed E-state index contributed by atoms with van der Waals surface area (Å²) in [5, 5.41) is 9.41. The van der Waals surface area contributed by atoms with Crippen molar-refractivity contribution in [3.63, 3.8) is 0 Å². The van der Waals surface area contributed by atoms with E-state index in [4.69, 9.17) is 0 Å². The van der Waals surface area contributed by atoms with Gasteiger partial charge in [0.15, 0.2) is 6.10 Å². The van der Waals surface area contributed by atoms with Gasteiger partial charge in [-0.3, -0.25) is 0 Å². The van der Waals surface area contributed by atoms with Crippen LogP contribution in [0.25, 0.3) is 0 Å². The molecule has 78 valence electrons. The number of carbonyl (C=O) groups excluding carboxylic acids is 1. The van der Waals surface area contributed by atoms with E-state index < -0.39 is 12.1 Å². The lowest BCUT2D eigenvalue weighted by Gasteiger charge is -2.15. The molecule has 2 unspecified atom stereocenters. The van der Waals surface area contributed by atoms with Crippen LogP contribution in [0.3, 0.4) is 0 Å². The Hall–Kier alpha value is -0.570. The molecule has 3 heteroatoms. The van der Waals surface area contributed by atoms with E-state index in [-0.39, 0.29) is 5.92 Å². The van der Waals surface area contributed by atoms with Gasteiger partial charge in [-0.1, -0.05) is 33.1 Å². The lowest BCUT2D eigenvalue weighted by atomic mass is 9.97. The Labute approximate surface area is 80.1 Å². The molecule has 0 aliphatic heterocycles. The number of aliphatic hydroxyl groups is 1. The maximum Gasteiger partial charge on any atom is 0.334 e. The van der Waals surface area contributed by atoms with Gasteiger partial charge in [-0.25, -0.2) is 4.79 Å². The van der Waals surface area contributed by atoms with E-state index in [0.717, 1.165) is 25.7 Å². The van der Waals surface area contributed by atoms with Crippen molar-refractivity contribution in [2.45, 2.75) is 45.6 Å². The molecule has 3 nitrogen and oxygen atoms in total. The molecule has 0 aromatic carbocycles. The molecule has 0 spiro atoms. The second-order valence-electron chi connectivity index (χ2n) is 3.44. The maximum absolute atomic E-state index is 10.9. The number of aliphatic hydroxyl groups excluding tert-OH is 1. The molecule has 0 fully saturated rings. The number of methoxy groups -OCH3 is 1. The first-order valence-electron chi connectivity index (χ1n) is 4.89. The second kappa shape index (κ2) is 6.89. The number of rotatable bonds is 6. The molecule has 0 saturated heterocycles. The lowest BCUT2D eigenvalue weighted by Crippen LogP contribution is -2.28. The molecule has 0 heterocycles. The number of ether oxygens (including phenoxy) is 1. The minimum atomic E-state index is -0.957. The van der Waals surface area contributed by atoms with Crippen LogP contribution in [0, 0.1) is 5.92 Å². The minimum absolute atomic E-state index is 0.000926. The summed E-state index contributed by atoms with van der Waals surface area (Å²) in [6.45, 7) is 4.00. The van der Waals surface area contributed by atoms with E-state index in [2.05, 4.69) is 11.7 Å². The summed E-state index contributed by atoms with van der Waals surface area (Å²) in [7, 11) is 1.30. The molecule has 1 N–H and O–H groups in total. The van der Waals surface area contributed by atoms with Gasteiger partial charge in [-0.15, -0.1) is 0 Å². The van der Waals surface area contributed by atoms with Crippen LogP contribution < -0.4 is 0 Å². The van der Waals surface area contributed by atoms with Crippen LogP contribution in [0.4, 0.5) is 0 Å². The molecule has 0 radical (unpaired) electrons. The van der Waals surface area contributed by atoms with E-state index in [1.165, 1.54) is 7.11 Å². The van der Waals surface area contributed by atoms with Gasteiger partial charge in [0.05, 0.1) is 7.11 Å². The van der Waals surface area contributed by atoms with Crippen LogP contribution >= 0.6 is 0 Å². The quantitative estimate of drug-likeness (QED) is 0.510. The van der Waals surface area contributed by atoms with Gasteiger partial charge in [-0.05, 0) is 12.3 Å². The number of hydrogen-bond acceptors (Lipinski definition) is 3. The summed E-state index contributed by atoms with van der Waals surface area (Å²) in [4.78, 5) is 10.9. The Kier molecular flexibility index (Phi) is 6.59. The number of unbranched alkanes of at least 4 members (excludes halogenated alkanes) is 2. The summed E-state index contributed by atoms with van der Waals surface area (Å²) in [6, 6.07) is 0. The smallest absolute Gasteiger partial charge is 0.334 e. The summed E-state index contributed by atoms with van der Waals surface area (Å²) < 4.78 is 4.45. The van der Waals surface area contributed by atoms with E-state index >= 15 is 0 Å². The predicted octanol–water partition coefficient (Wildman–Crippen LogP) is 1.74. The first-order valence-corrected chi connectivity index (χ1v) is 4.89. The summed E-state index contributed by atoms with van der Waals surface area (Å²) in [5.74, 6) is -0.525. The average Bonchev–Trinajstić information content (AvgIpc) is 2.15. The molecule has 0 bridgehead atoms. The number of carbonyl (C=O) groups is 1. The largest absolute Gasteiger partial charge is 0.467 e. The van der Waals surface area contributed by atoms with Gasteiger partial charge >= 0.3 is 5.97 Å². The first kappa shape index (κ1) is 12.4. The van der Waals surface area contributed by atoms with Crippen molar-refractivity contribution in [1.29, 1.82) is 0 Å². The summed E-state index contributed by atoms with van der Waals surface area (Å²) in [6.07, 6.45) is 3.29. The fraction of sp³-hybridized carbons (Fsp3) is 0.900. The normalized spacial score (nSPS) is 15.1. The van der Waals surface area contributed by atoms with E-state index in [0.29, 0.717) is 0 Å². The molecule has 13 heavy (non-hydrogen) atoms. The van der Waals surface area contributed by atoms with Crippen LogP contribution in [0.5, 0.6) is 0 Å². The zero-order chi connectivity index (χ0) is 10.3. The highest BCUT2D eigenvalue weighted by Crippen LogP contribution is 2.14. The van der Waals surface area contributed by atoms with Crippen molar-refractivity contribution >= 4 is 5.97 Å². The molecule has 0 aliphatic carbocycles. The third kappa shape index (κ3) is 4.88. The SMILES string of the molecule is CCCCCC(C)C(O)C(=O)OC. The molecule has 0 rings (SSSR count). The fourth-order valence-corrected chi connectivity index (χ4v) is 1.23. The van der Waals surface area contributed by atoms with Gasteiger partial charge in [0, 0.05) is 0 Å². The van der Waals surface area contributed by atoms with Crippen molar-refractivity contribution in [3.8, 4) is 0 Å². The highest BCUT2D eigenvalue weighted by atomic mass is 16.5. The molecular weight excluding hydrogens is 168 g/mol. The van der Waals surface area contributed by atoms with Crippen LogP contribution in [0.1, 0.15) is 39.5 Å². The standard InChI is InChI=1S/C10H20O3/c1-4-5-6-7-8(2)9(11)10(12)13-3/h8-9,11H,4-7H2,1-3H3. The molecule has 0 saturated carbocycles. The molecule has 0 aliphatic rings. The van der Waals surface area contributed by atoms with Gasteiger partial charge < -0.3 is 9.84 Å². The Morgan fingerprint density at radius 1 is 1.46 bits per heavy atom. The van der Waals surface area contributed by atoms with Crippen molar-refractivity contribution in [2.24, 2.45) is 5.92 Å². The summed E-state index contributed by atoms with van der Waals surface area (Å²) >= 11 is 0. The number of esters is 1. The lowest BCUT2D eigenvalue weighted by molar-refractivity contribution is -0.153. The fourth-order valence-electron chi connectivity index (χ4n) is 1.23. The first-order chi connectivity index (χ1) is 6.13. The van der Waals surface area contributed by atoms with E-state index in [1.54, 1.807) is 0 Å². The van der Waals surface area contributed by atoms with Crippen LogP contribution in [-0.2, 0) is 9.53 Å². The Bertz CT molecular complexity index is 145. The van der Waals surface area contributed by atoms with E-state index in [1.807, 2.05) is 6.92 Å². The van der Waals surface area contributed by atoms with Crippen LogP contribution in [-0.4, -0.2) is 24.3 Å². The average molecular weight is 188 g/mol. The Balaban J connectivity index is 3.68. The van der Waals surface area contributed by atoms with Gasteiger partial charge in [-0.2, -0.15) is 0 Å². The van der Waals surface area contributed by atoms with Crippen molar-refractivity contribution in [3.05, 3.63) is 0 Å². The van der Waals surface area contributed by atoms with Gasteiger partial charge in [0.1, 0.15) is 0 Å². The monoisotopic (exact) mass is 188 g/mol. The van der Waals surface area contributed by atoms with Crippen LogP contribution in [0.15, 0.2) is 0 Å². The predicted molar refractivity (Wildman–Crippen MR) is 51.3 cm³/mol.